The Morgan fingerprint density at radius 2 is 1.95 bits per heavy atom. The van der Waals surface area contributed by atoms with Crippen molar-refractivity contribution >= 4 is 34.8 Å². The molecule has 0 aliphatic heterocycles. The number of anilines is 1. The molecule has 1 aliphatic carbocycles. The Balaban J connectivity index is 2.14. The Morgan fingerprint density at radius 1 is 1.38 bits per heavy atom. The van der Waals surface area contributed by atoms with Crippen molar-refractivity contribution in [1.82, 2.24) is 0 Å². The second kappa shape index (κ2) is 5.76. The van der Waals surface area contributed by atoms with Crippen molar-refractivity contribution in [3.63, 3.8) is 0 Å². The number of benzene rings is 1. The normalized spacial score (nSPS) is 27.0. The minimum atomic E-state index is -0.971. The molecule has 1 aromatic carbocycles. The molecule has 116 valence electrons. The molecule has 0 spiro atoms. The van der Waals surface area contributed by atoms with Crippen LogP contribution in [0.4, 0.5) is 5.69 Å². The van der Waals surface area contributed by atoms with Crippen LogP contribution < -0.4 is 11.1 Å². The van der Waals surface area contributed by atoms with E-state index in [2.05, 4.69) is 5.32 Å². The van der Waals surface area contributed by atoms with Crippen LogP contribution in [0.15, 0.2) is 18.2 Å². The SMILES string of the molecule is CCOC1CC(N)(C(=O)Nc2cc(Cl)cc(Cl)c2)C1(C)C. The van der Waals surface area contributed by atoms with Crippen LogP contribution in [0.5, 0.6) is 0 Å². The molecular formula is C15H20Cl2N2O2. The maximum atomic E-state index is 12.5. The lowest BCUT2D eigenvalue weighted by atomic mass is 9.54. The third kappa shape index (κ3) is 2.90. The van der Waals surface area contributed by atoms with Crippen LogP contribution in [0.2, 0.25) is 10.0 Å². The molecule has 1 amide bonds. The third-order valence-corrected chi connectivity index (χ3v) is 4.79. The fourth-order valence-corrected chi connectivity index (χ4v) is 3.22. The number of nitrogens with one attached hydrogen (secondary N) is 1. The van der Waals surface area contributed by atoms with Gasteiger partial charge in [-0.3, -0.25) is 4.79 Å². The van der Waals surface area contributed by atoms with Crippen LogP contribution in [-0.4, -0.2) is 24.2 Å². The second-order valence-electron chi connectivity index (χ2n) is 5.95. The molecule has 4 nitrogen and oxygen atoms in total. The predicted octanol–water partition coefficient (Wildman–Crippen LogP) is 3.46. The highest BCUT2D eigenvalue weighted by atomic mass is 35.5. The van der Waals surface area contributed by atoms with Crippen molar-refractivity contribution in [2.24, 2.45) is 11.1 Å². The van der Waals surface area contributed by atoms with Crippen molar-refractivity contribution in [2.75, 3.05) is 11.9 Å². The molecule has 0 aromatic heterocycles. The summed E-state index contributed by atoms with van der Waals surface area (Å²) in [5, 5.41) is 3.72. The highest BCUT2D eigenvalue weighted by Gasteiger charge is 2.62. The number of amides is 1. The summed E-state index contributed by atoms with van der Waals surface area (Å²) in [7, 11) is 0. The third-order valence-electron chi connectivity index (χ3n) is 4.36. The monoisotopic (exact) mass is 330 g/mol. The van der Waals surface area contributed by atoms with E-state index >= 15 is 0 Å². The van der Waals surface area contributed by atoms with Gasteiger partial charge in [0.1, 0.15) is 5.54 Å². The van der Waals surface area contributed by atoms with Gasteiger partial charge in [-0.15, -0.1) is 0 Å². The molecule has 1 aromatic rings. The van der Waals surface area contributed by atoms with E-state index in [-0.39, 0.29) is 12.0 Å². The Labute approximate surface area is 134 Å². The smallest absolute Gasteiger partial charge is 0.245 e. The van der Waals surface area contributed by atoms with Crippen LogP contribution in [0.3, 0.4) is 0 Å². The number of carbonyl (C=O) groups is 1. The Bertz CT molecular complexity index is 542. The maximum absolute atomic E-state index is 12.5. The molecule has 6 heteroatoms. The fraction of sp³-hybridized carbons (Fsp3) is 0.533. The fourth-order valence-electron chi connectivity index (χ4n) is 2.69. The lowest BCUT2D eigenvalue weighted by molar-refractivity contribution is -0.166. The molecule has 1 aliphatic rings. The van der Waals surface area contributed by atoms with Gasteiger partial charge in [0.15, 0.2) is 0 Å². The standard InChI is InChI=1S/C15H20Cl2N2O2/c1-4-21-12-8-15(18,14(12,2)3)13(20)19-11-6-9(16)5-10(17)7-11/h5-7,12H,4,8,18H2,1-3H3,(H,19,20). The lowest BCUT2D eigenvalue weighted by Crippen LogP contribution is -2.74. The van der Waals surface area contributed by atoms with Crippen molar-refractivity contribution in [1.29, 1.82) is 0 Å². The van der Waals surface area contributed by atoms with E-state index in [1.54, 1.807) is 18.2 Å². The molecule has 0 bridgehead atoms. The Kier molecular flexibility index (Phi) is 4.54. The van der Waals surface area contributed by atoms with Gasteiger partial charge in [0, 0.05) is 34.2 Å². The summed E-state index contributed by atoms with van der Waals surface area (Å²) in [6, 6.07) is 4.89. The van der Waals surface area contributed by atoms with Crippen LogP contribution in [-0.2, 0) is 9.53 Å². The van der Waals surface area contributed by atoms with Gasteiger partial charge in [-0.1, -0.05) is 37.0 Å². The Morgan fingerprint density at radius 3 is 2.43 bits per heavy atom. The molecular weight excluding hydrogens is 311 g/mol. The van der Waals surface area contributed by atoms with Crippen molar-refractivity contribution in [3.8, 4) is 0 Å². The van der Waals surface area contributed by atoms with Gasteiger partial charge < -0.3 is 15.8 Å². The molecule has 21 heavy (non-hydrogen) atoms. The topological polar surface area (TPSA) is 64.3 Å². The Hall–Kier alpha value is -0.810. The minimum absolute atomic E-state index is 0.0128. The highest BCUT2D eigenvalue weighted by molar-refractivity contribution is 6.35. The van der Waals surface area contributed by atoms with E-state index in [1.807, 2.05) is 20.8 Å². The summed E-state index contributed by atoms with van der Waals surface area (Å²) in [5.74, 6) is -0.248. The quantitative estimate of drug-likeness (QED) is 0.888. The molecule has 1 fully saturated rings. The van der Waals surface area contributed by atoms with Crippen LogP contribution in [0, 0.1) is 5.41 Å². The van der Waals surface area contributed by atoms with Gasteiger partial charge in [-0.2, -0.15) is 0 Å². The van der Waals surface area contributed by atoms with Gasteiger partial charge in [0.05, 0.1) is 6.10 Å². The largest absolute Gasteiger partial charge is 0.378 e. The molecule has 2 rings (SSSR count). The summed E-state index contributed by atoms with van der Waals surface area (Å²) in [6.07, 6.45) is 0.481. The highest BCUT2D eigenvalue weighted by Crippen LogP contribution is 2.50. The zero-order valence-electron chi connectivity index (χ0n) is 12.4. The van der Waals surface area contributed by atoms with Gasteiger partial charge in [-0.25, -0.2) is 0 Å². The molecule has 2 atom stereocenters. The summed E-state index contributed by atoms with van der Waals surface area (Å²) < 4.78 is 5.62. The first kappa shape index (κ1) is 16.6. The van der Waals surface area contributed by atoms with Crippen molar-refractivity contribution in [3.05, 3.63) is 28.2 Å². The summed E-state index contributed by atoms with van der Waals surface area (Å²) in [4.78, 5) is 12.5. The second-order valence-corrected chi connectivity index (χ2v) is 6.83. The van der Waals surface area contributed by atoms with Crippen molar-refractivity contribution in [2.45, 2.75) is 38.8 Å². The van der Waals surface area contributed by atoms with E-state index in [1.165, 1.54) is 0 Å². The van der Waals surface area contributed by atoms with Crippen molar-refractivity contribution < 1.29 is 9.53 Å². The van der Waals surface area contributed by atoms with E-state index < -0.39 is 11.0 Å². The zero-order chi connectivity index (χ0) is 15.8. The lowest BCUT2D eigenvalue weighted by Gasteiger charge is -2.57. The van der Waals surface area contributed by atoms with Gasteiger partial charge in [0.25, 0.3) is 0 Å². The maximum Gasteiger partial charge on any atom is 0.245 e. The first-order valence-corrected chi connectivity index (χ1v) is 7.64. The minimum Gasteiger partial charge on any atom is -0.378 e. The zero-order valence-corrected chi connectivity index (χ0v) is 13.9. The molecule has 2 unspecified atom stereocenters. The van der Waals surface area contributed by atoms with E-state index in [0.717, 1.165) is 0 Å². The van der Waals surface area contributed by atoms with Crippen LogP contribution in [0.1, 0.15) is 27.2 Å². The van der Waals surface area contributed by atoms with Crippen LogP contribution in [0.25, 0.3) is 0 Å². The number of halogens is 2. The molecule has 0 heterocycles. The average Bonchev–Trinajstić information content (AvgIpc) is 2.36. The number of nitrogens with two attached hydrogens (primary N) is 1. The summed E-state index contributed by atoms with van der Waals surface area (Å²) >= 11 is 11.9. The summed E-state index contributed by atoms with van der Waals surface area (Å²) in [5.41, 5.74) is 5.44. The molecule has 1 saturated carbocycles. The molecule has 0 radical (unpaired) electrons. The number of hydrogen-bond donors (Lipinski definition) is 2. The number of carbonyl (C=O) groups excluding carboxylic acids is 1. The van der Waals surface area contributed by atoms with Gasteiger partial charge >= 0.3 is 0 Å². The van der Waals surface area contributed by atoms with Gasteiger partial charge in [-0.05, 0) is 25.1 Å². The first-order valence-electron chi connectivity index (χ1n) is 6.88. The number of rotatable bonds is 4. The number of hydrogen-bond acceptors (Lipinski definition) is 3. The number of ether oxygens (including phenoxy) is 1. The predicted molar refractivity (Wildman–Crippen MR) is 85.8 cm³/mol. The molecule has 3 N–H and O–H groups in total. The average molecular weight is 331 g/mol. The van der Waals surface area contributed by atoms with Gasteiger partial charge in [0.2, 0.25) is 5.91 Å². The van der Waals surface area contributed by atoms with E-state index in [9.17, 15) is 4.79 Å². The van der Waals surface area contributed by atoms with E-state index in [0.29, 0.717) is 28.8 Å². The van der Waals surface area contributed by atoms with Crippen LogP contribution >= 0.6 is 23.2 Å². The summed E-state index contributed by atoms with van der Waals surface area (Å²) in [6.45, 7) is 6.43. The molecule has 0 saturated heterocycles. The van der Waals surface area contributed by atoms with E-state index in [4.69, 9.17) is 33.7 Å². The first-order chi connectivity index (χ1) is 9.70.